The molecule has 0 bridgehead atoms. The molecule has 1 saturated heterocycles. The molecule has 132 valence electrons. The van der Waals surface area contributed by atoms with Crippen molar-refractivity contribution in [2.24, 2.45) is 11.8 Å². The lowest BCUT2D eigenvalue weighted by Gasteiger charge is -2.29. The third kappa shape index (κ3) is 6.08. The smallest absolute Gasteiger partial charge is 0.411 e. The molecule has 2 amide bonds. The highest BCUT2D eigenvalue weighted by Gasteiger charge is 2.36. The lowest BCUT2D eigenvalue weighted by Crippen LogP contribution is -2.51. The summed E-state index contributed by atoms with van der Waals surface area (Å²) in [4.78, 5) is 37.2. The van der Waals surface area contributed by atoms with Crippen molar-refractivity contribution in [1.82, 2.24) is 10.2 Å². The van der Waals surface area contributed by atoms with Crippen LogP contribution >= 0.6 is 0 Å². The van der Waals surface area contributed by atoms with Crippen molar-refractivity contribution in [2.75, 3.05) is 6.54 Å². The number of carbonyl (C=O) groups is 3. The van der Waals surface area contributed by atoms with Gasteiger partial charge in [0, 0.05) is 6.54 Å². The highest BCUT2D eigenvalue weighted by molar-refractivity contribution is 5.97. The minimum atomic E-state index is -1.14. The molecule has 2 atom stereocenters. The zero-order valence-corrected chi connectivity index (χ0v) is 14.6. The maximum atomic E-state index is 12.3. The number of carboxylic acid groups (broad SMARTS) is 1. The number of rotatable bonds is 5. The van der Waals surface area contributed by atoms with E-state index in [9.17, 15) is 19.5 Å². The third-order valence-corrected chi connectivity index (χ3v) is 3.51. The van der Waals surface area contributed by atoms with Crippen molar-refractivity contribution in [2.45, 2.75) is 65.6 Å². The number of aliphatic carboxylic acids is 1. The number of nitrogens with zero attached hydrogens (tertiary/aromatic N) is 1. The Morgan fingerprint density at radius 2 is 1.91 bits per heavy atom. The van der Waals surface area contributed by atoms with E-state index in [1.54, 1.807) is 20.8 Å². The van der Waals surface area contributed by atoms with Gasteiger partial charge in [-0.15, -0.1) is 0 Å². The van der Waals surface area contributed by atoms with Crippen LogP contribution in [0, 0.1) is 11.8 Å². The summed E-state index contributed by atoms with van der Waals surface area (Å²) in [6.45, 7) is 9.55. The maximum absolute atomic E-state index is 12.3. The highest BCUT2D eigenvalue weighted by atomic mass is 16.6. The van der Waals surface area contributed by atoms with Crippen molar-refractivity contribution in [3.63, 3.8) is 0 Å². The number of carbonyl (C=O) groups excluding carboxylic acids is 2. The van der Waals surface area contributed by atoms with Gasteiger partial charge in [-0.05, 0) is 46.0 Å². The monoisotopic (exact) mass is 328 g/mol. The minimum Gasteiger partial charge on any atom is -0.481 e. The second kappa shape index (κ2) is 7.66. The van der Waals surface area contributed by atoms with Gasteiger partial charge in [0.2, 0.25) is 5.91 Å². The number of hydrogen-bond acceptors (Lipinski definition) is 4. The van der Waals surface area contributed by atoms with Gasteiger partial charge in [0.25, 0.3) is 0 Å². The first-order valence-corrected chi connectivity index (χ1v) is 8.04. The van der Waals surface area contributed by atoms with E-state index >= 15 is 0 Å². The second-order valence-corrected chi connectivity index (χ2v) is 7.36. The van der Waals surface area contributed by atoms with Crippen molar-refractivity contribution >= 4 is 18.0 Å². The van der Waals surface area contributed by atoms with E-state index in [0.29, 0.717) is 13.0 Å². The van der Waals surface area contributed by atoms with E-state index in [1.165, 1.54) is 4.90 Å². The van der Waals surface area contributed by atoms with Crippen molar-refractivity contribution in [1.29, 1.82) is 0 Å². The van der Waals surface area contributed by atoms with Gasteiger partial charge in [0.1, 0.15) is 17.7 Å². The summed E-state index contributed by atoms with van der Waals surface area (Å²) < 4.78 is 5.33. The number of carboxylic acids is 1. The van der Waals surface area contributed by atoms with Gasteiger partial charge in [0.15, 0.2) is 0 Å². The molecule has 1 heterocycles. The van der Waals surface area contributed by atoms with E-state index in [4.69, 9.17) is 4.74 Å². The molecule has 0 aromatic heterocycles. The van der Waals surface area contributed by atoms with Gasteiger partial charge in [-0.1, -0.05) is 13.8 Å². The average Bonchev–Trinajstić information content (AvgIpc) is 2.81. The third-order valence-electron chi connectivity index (χ3n) is 3.51. The predicted molar refractivity (Wildman–Crippen MR) is 84.7 cm³/mol. The fraction of sp³-hybridized carbons (Fsp3) is 0.812. The van der Waals surface area contributed by atoms with Crippen LogP contribution in [0.25, 0.3) is 0 Å². The van der Waals surface area contributed by atoms with E-state index in [1.807, 2.05) is 13.8 Å². The highest BCUT2D eigenvalue weighted by Crippen LogP contribution is 2.20. The Hall–Kier alpha value is -1.79. The summed E-state index contributed by atoms with van der Waals surface area (Å²) in [5, 5.41) is 11.9. The maximum Gasteiger partial charge on any atom is 0.411 e. The first-order chi connectivity index (χ1) is 10.5. The predicted octanol–water partition coefficient (Wildman–Crippen LogP) is 2.21. The van der Waals surface area contributed by atoms with E-state index in [0.717, 1.165) is 6.42 Å². The summed E-state index contributed by atoms with van der Waals surface area (Å²) in [5.41, 5.74) is -0.616. The Bertz CT molecular complexity index is 456. The summed E-state index contributed by atoms with van der Waals surface area (Å²) in [5.74, 6) is -2.70. The van der Waals surface area contributed by atoms with Crippen LogP contribution in [-0.2, 0) is 14.3 Å². The molecule has 0 saturated carbocycles. The molecule has 2 N–H and O–H groups in total. The summed E-state index contributed by atoms with van der Waals surface area (Å²) in [6, 6.07) is 0. The molecule has 1 rings (SSSR count). The molecule has 1 aliphatic heterocycles. The van der Waals surface area contributed by atoms with Crippen LogP contribution < -0.4 is 5.32 Å². The lowest BCUT2D eigenvalue weighted by molar-refractivity contribution is -0.148. The normalized spacial score (nSPS) is 19.6. The molecule has 1 fully saturated rings. The van der Waals surface area contributed by atoms with Crippen molar-refractivity contribution in [3.05, 3.63) is 0 Å². The topological polar surface area (TPSA) is 95.9 Å². The van der Waals surface area contributed by atoms with E-state index in [2.05, 4.69) is 5.32 Å². The molecule has 23 heavy (non-hydrogen) atoms. The number of nitrogens with one attached hydrogen (secondary N) is 1. The lowest BCUT2D eigenvalue weighted by atomic mass is 9.96. The summed E-state index contributed by atoms with van der Waals surface area (Å²) in [6.07, 6.45) is 0.605. The molecule has 0 spiro atoms. The SMILES string of the molecule is CC(C)C[C@H](C(=O)O)C(=O)N[C@H]1CCCN1C(=O)OC(C)(C)C. The van der Waals surface area contributed by atoms with Crippen LogP contribution in [0.2, 0.25) is 0 Å². The number of hydrogen-bond donors (Lipinski definition) is 2. The average molecular weight is 328 g/mol. The minimum absolute atomic E-state index is 0.0902. The fourth-order valence-corrected chi connectivity index (χ4v) is 2.51. The van der Waals surface area contributed by atoms with Gasteiger partial charge in [-0.3, -0.25) is 14.5 Å². The quantitative estimate of drug-likeness (QED) is 0.754. The Balaban J connectivity index is 2.71. The summed E-state index contributed by atoms with van der Waals surface area (Å²) in [7, 11) is 0. The standard InChI is InChI=1S/C16H28N2O5/c1-10(2)9-11(14(20)21)13(19)17-12-7-6-8-18(12)15(22)23-16(3,4)5/h10-12H,6-9H2,1-5H3,(H,17,19)(H,20,21)/t11-,12+/m0/s1. The van der Waals surface area contributed by atoms with E-state index in [-0.39, 0.29) is 12.3 Å². The molecule has 7 nitrogen and oxygen atoms in total. The molecule has 0 aromatic carbocycles. The van der Waals surface area contributed by atoms with Crippen molar-refractivity contribution < 1.29 is 24.2 Å². The number of amides is 2. The van der Waals surface area contributed by atoms with Crippen LogP contribution in [0.5, 0.6) is 0 Å². The molecule has 0 aliphatic carbocycles. The Morgan fingerprint density at radius 1 is 1.30 bits per heavy atom. The van der Waals surface area contributed by atoms with Crippen LogP contribution in [0.4, 0.5) is 4.79 Å². The van der Waals surface area contributed by atoms with Gasteiger partial charge >= 0.3 is 12.1 Å². The second-order valence-electron chi connectivity index (χ2n) is 7.36. The molecule has 0 radical (unpaired) electrons. The zero-order chi connectivity index (χ0) is 17.8. The molecular formula is C16H28N2O5. The zero-order valence-electron chi connectivity index (χ0n) is 14.6. The largest absolute Gasteiger partial charge is 0.481 e. The Morgan fingerprint density at radius 3 is 2.39 bits per heavy atom. The van der Waals surface area contributed by atoms with Crippen LogP contribution in [0.1, 0.15) is 53.9 Å². The van der Waals surface area contributed by atoms with Gasteiger partial charge in [0.05, 0.1) is 0 Å². The molecule has 0 aromatic rings. The molecular weight excluding hydrogens is 300 g/mol. The van der Waals surface area contributed by atoms with Crippen molar-refractivity contribution in [3.8, 4) is 0 Å². The van der Waals surface area contributed by atoms with Gasteiger partial charge in [-0.2, -0.15) is 0 Å². The van der Waals surface area contributed by atoms with Gasteiger partial charge in [-0.25, -0.2) is 4.79 Å². The van der Waals surface area contributed by atoms with E-state index < -0.39 is 35.7 Å². The fourth-order valence-electron chi connectivity index (χ4n) is 2.51. The molecule has 0 unspecified atom stereocenters. The Kier molecular flexibility index (Phi) is 6.41. The molecule has 7 heteroatoms. The first-order valence-electron chi connectivity index (χ1n) is 8.04. The first kappa shape index (κ1) is 19.3. The molecule has 1 aliphatic rings. The Labute approximate surface area is 137 Å². The van der Waals surface area contributed by atoms with Crippen LogP contribution in [0.15, 0.2) is 0 Å². The number of likely N-dealkylation sites (tertiary alicyclic amines) is 1. The van der Waals surface area contributed by atoms with Crippen LogP contribution in [-0.4, -0.2) is 46.3 Å². The van der Waals surface area contributed by atoms with Crippen LogP contribution in [0.3, 0.4) is 0 Å². The summed E-state index contributed by atoms with van der Waals surface area (Å²) >= 11 is 0. The number of ether oxygens (including phenoxy) is 1. The van der Waals surface area contributed by atoms with Gasteiger partial charge < -0.3 is 15.2 Å².